The zero-order valence-electron chi connectivity index (χ0n) is 15.9. The molecule has 0 saturated carbocycles. The van der Waals surface area contributed by atoms with Crippen molar-refractivity contribution in [3.63, 3.8) is 0 Å². The summed E-state index contributed by atoms with van der Waals surface area (Å²) in [7, 11) is -3.73. The van der Waals surface area contributed by atoms with Gasteiger partial charge in [-0.1, -0.05) is 30.3 Å². The van der Waals surface area contributed by atoms with Crippen molar-refractivity contribution in [3.8, 4) is 5.75 Å². The van der Waals surface area contributed by atoms with Gasteiger partial charge in [0.05, 0.1) is 0 Å². The van der Waals surface area contributed by atoms with Crippen molar-refractivity contribution in [2.24, 2.45) is 4.40 Å². The van der Waals surface area contributed by atoms with Gasteiger partial charge in [0, 0.05) is 12.1 Å². The SMILES string of the molecule is O=C(OCCOc1ccccc1)[C@@H]1CCCCN1C1=NS(=O)(=O)c2ccccc21. The molecule has 0 radical (unpaired) electrons. The molecule has 0 spiro atoms. The summed E-state index contributed by atoms with van der Waals surface area (Å²) in [4.78, 5) is 14.7. The van der Waals surface area contributed by atoms with Crippen LogP contribution in [0.2, 0.25) is 0 Å². The first kappa shape index (κ1) is 19.4. The molecule has 2 aliphatic heterocycles. The molecule has 1 saturated heterocycles. The molecule has 29 heavy (non-hydrogen) atoms. The van der Waals surface area contributed by atoms with Crippen LogP contribution in [0.4, 0.5) is 0 Å². The van der Waals surface area contributed by atoms with Gasteiger partial charge in [-0.15, -0.1) is 4.40 Å². The van der Waals surface area contributed by atoms with Gasteiger partial charge in [0.25, 0.3) is 10.0 Å². The average molecular weight is 414 g/mol. The number of sulfonamides is 1. The lowest BCUT2D eigenvalue weighted by molar-refractivity contribution is -0.150. The van der Waals surface area contributed by atoms with Crippen LogP contribution in [0.1, 0.15) is 24.8 Å². The molecule has 0 amide bonds. The maximum atomic E-state index is 12.7. The quantitative estimate of drug-likeness (QED) is 0.552. The van der Waals surface area contributed by atoms with Crippen LogP contribution in [-0.4, -0.2) is 50.9 Å². The molecule has 2 aliphatic rings. The molecule has 2 aromatic carbocycles. The highest BCUT2D eigenvalue weighted by molar-refractivity contribution is 7.90. The van der Waals surface area contributed by atoms with Crippen molar-refractivity contribution in [3.05, 3.63) is 60.2 Å². The number of nitrogens with zero attached hydrogens (tertiary/aromatic N) is 2. The van der Waals surface area contributed by atoms with Gasteiger partial charge in [-0.2, -0.15) is 8.42 Å². The second kappa shape index (κ2) is 8.24. The smallest absolute Gasteiger partial charge is 0.328 e. The minimum absolute atomic E-state index is 0.124. The fourth-order valence-electron chi connectivity index (χ4n) is 3.64. The van der Waals surface area contributed by atoms with Crippen molar-refractivity contribution in [2.45, 2.75) is 30.2 Å². The van der Waals surface area contributed by atoms with Gasteiger partial charge in [0.2, 0.25) is 0 Å². The summed E-state index contributed by atoms with van der Waals surface area (Å²) in [5.74, 6) is 0.665. The number of likely N-dealkylation sites (tertiary alicyclic amines) is 1. The monoisotopic (exact) mass is 414 g/mol. The van der Waals surface area contributed by atoms with Crippen LogP contribution in [0, 0.1) is 0 Å². The molecular weight excluding hydrogens is 392 g/mol. The van der Waals surface area contributed by atoms with E-state index in [-0.39, 0.29) is 24.1 Å². The largest absolute Gasteiger partial charge is 0.490 e. The van der Waals surface area contributed by atoms with Crippen LogP contribution < -0.4 is 4.74 Å². The minimum atomic E-state index is -3.73. The van der Waals surface area contributed by atoms with Gasteiger partial charge >= 0.3 is 5.97 Å². The number of esters is 1. The van der Waals surface area contributed by atoms with Crippen molar-refractivity contribution in [2.75, 3.05) is 19.8 Å². The normalized spacial score (nSPS) is 19.9. The highest BCUT2D eigenvalue weighted by Crippen LogP contribution is 2.30. The first-order valence-corrected chi connectivity index (χ1v) is 11.1. The fourth-order valence-corrected chi connectivity index (χ4v) is 4.86. The van der Waals surface area contributed by atoms with Crippen molar-refractivity contribution < 1.29 is 22.7 Å². The summed E-state index contributed by atoms with van der Waals surface area (Å²) in [5.41, 5.74) is 0.541. The first-order valence-electron chi connectivity index (χ1n) is 9.62. The number of carbonyl (C=O) groups is 1. The third-order valence-electron chi connectivity index (χ3n) is 5.00. The van der Waals surface area contributed by atoms with Crippen molar-refractivity contribution in [1.29, 1.82) is 0 Å². The van der Waals surface area contributed by atoms with Gasteiger partial charge in [0.1, 0.15) is 29.9 Å². The van der Waals surface area contributed by atoms with E-state index in [0.717, 1.165) is 12.8 Å². The Hall–Kier alpha value is -2.87. The van der Waals surface area contributed by atoms with Crippen molar-refractivity contribution >= 4 is 21.8 Å². The van der Waals surface area contributed by atoms with Crippen LogP contribution in [0.15, 0.2) is 63.9 Å². The molecule has 0 N–H and O–H groups in total. The van der Waals surface area contributed by atoms with Gasteiger partial charge in [0.15, 0.2) is 5.84 Å². The Labute approximate surface area is 170 Å². The number of rotatable bonds is 5. The number of para-hydroxylation sites is 1. The summed E-state index contributed by atoms with van der Waals surface area (Å²) in [6.07, 6.45) is 2.33. The maximum Gasteiger partial charge on any atom is 0.328 e. The molecule has 0 bridgehead atoms. The number of fused-ring (bicyclic) bond motifs is 1. The summed E-state index contributed by atoms with van der Waals surface area (Å²) in [6.45, 7) is 0.934. The number of carbonyl (C=O) groups excluding carboxylic acids is 1. The maximum absolute atomic E-state index is 12.7. The van der Waals surface area contributed by atoms with E-state index in [2.05, 4.69) is 4.40 Å². The van der Waals surface area contributed by atoms with Gasteiger partial charge in [-0.3, -0.25) is 0 Å². The molecule has 1 fully saturated rings. The summed E-state index contributed by atoms with van der Waals surface area (Å²) < 4.78 is 39.7. The third kappa shape index (κ3) is 4.12. The van der Waals surface area contributed by atoms with Crippen LogP contribution >= 0.6 is 0 Å². The molecule has 7 nitrogen and oxygen atoms in total. The Kier molecular flexibility index (Phi) is 5.53. The molecular formula is C21H22N2O5S. The fraction of sp³-hybridized carbons (Fsp3) is 0.333. The Morgan fingerprint density at radius 2 is 1.79 bits per heavy atom. The van der Waals surface area contributed by atoms with E-state index in [0.29, 0.717) is 30.1 Å². The minimum Gasteiger partial charge on any atom is -0.490 e. The molecule has 4 rings (SSSR count). The molecule has 2 heterocycles. The molecule has 2 aromatic rings. The molecule has 152 valence electrons. The van der Waals surface area contributed by atoms with E-state index < -0.39 is 16.1 Å². The standard InChI is InChI=1S/C21H22N2O5S/c24-21(28-15-14-27-16-8-2-1-3-9-16)18-11-6-7-13-23(18)20-17-10-4-5-12-19(17)29(25,26)22-20/h1-5,8-10,12,18H,6-7,11,13-15H2/t18-/m0/s1. The Bertz CT molecular complexity index is 1020. The second-order valence-corrected chi connectivity index (χ2v) is 8.49. The molecule has 0 unspecified atom stereocenters. The average Bonchev–Trinajstić information content (AvgIpc) is 3.03. The van der Waals surface area contributed by atoms with Crippen LogP contribution in [0.3, 0.4) is 0 Å². The van der Waals surface area contributed by atoms with Gasteiger partial charge < -0.3 is 14.4 Å². The summed E-state index contributed by atoms with van der Waals surface area (Å²) in [6, 6.07) is 15.5. The first-order chi connectivity index (χ1) is 14.1. The van der Waals surface area contributed by atoms with E-state index >= 15 is 0 Å². The highest BCUT2D eigenvalue weighted by Gasteiger charge is 2.38. The molecule has 8 heteroatoms. The molecule has 0 aliphatic carbocycles. The predicted octanol–water partition coefficient (Wildman–Crippen LogP) is 2.61. The number of amidine groups is 1. The summed E-state index contributed by atoms with van der Waals surface area (Å²) in [5, 5.41) is 0. The number of ether oxygens (including phenoxy) is 2. The lowest BCUT2D eigenvalue weighted by Gasteiger charge is -2.35. The van der Waals surface area contributed by atoms with E-state index in [4.69, 9.17) is 9.47 Å². The van der Waals surface area contributed by atoms with Gasteiger partial charge in [-0.05, 0) is 43.5 Å². The van der Waals surface area contributed by atoms with E-state index in [1.807, 2.05) is 30.3 Å². The zero-order valence-corrected chi connectivity index (χ0v) is 16.7. The third-order valence-corrected chi connectivity index (χ3v) is 6.32. The van der Waals surface area contributed by atoms with Crippen molar-refractivity contribution in [1.82, 2.24) is 4.90 Å². The van der Waals surface area contributed by atoms with Crippen LogP contribution in [0.5, 0.6) is 5.75 Å². The van der Waals surface area contributed by atoms with Crippen LogP contribution in [-0.2, 0) is 19.6 Å². The Balaban J connectivity index is 1.43. The second-order valence-electron chi connectivity index (χ2n) is 6.92. The zero-order chi connectivity index (χ0) is 20.3. The number of hydrogen-bond acceptors (Lipinski definition) is 6. The molecule has 1 atom stereocenters. The lowest BCUT2D eigenvalue weighted by Crippen LogP contribution is -2.48. The Morgan fingerprint density at radius 1 is 1.03 bits per heavy atom. The Morgan fingerprint density at radius 3 is 2.62 bits per heavy atom. The lowest BCUT2D eigenvalue weighted by atomic mass is 10.0. The number of piperidine rings is 1. The topological polar surface area (TPSA) is 85.3 Å². The summed E-state index contributed by atoms with van der Waals surface area (Å²) >= 11 is 0. The van der Waals surface area contributed by atoms with Gasteiger partial charge in [-0.25, -0.2) is 4.79 Å². The van der Waals surface area contributed by atoms with E-state index in [9.17, 15) is 13.2 Å². The predicted molar refractivity (Wildman–Crippen MR) is 107 cm³/mol. The van der Waals surface area contributed by atoms with E-state index in [1.54, 1.807) is 29.2 Å². The van der Waals surface area contributed by atoms with E-state index in [1.165, 1.54) is 0 Å². The number of benzene rings is 2. The highest BCUT2D eigenvalue weighted by atomic mass is 32.2. The number of hydrogen-bond donors (Lipinski definition) is 0. The molecule has 0 aromatic heterocycles. The van der Waals surface area contributed by atoms with Crippen LogP contribution in [0.25, 0.3) is 0 Å².